The summed E-state index contributed by atoms with van der Waals surface area (Å²) in [5, 5.41) is 0.903. The minimum atomic E-state index is -0.466. The first-order chi connectivity index (χ1) is 12.0. The molecule has 1 heterocycles. The first kappa shape index (κ1) is 19.5. The van der Waals surface area contributed by atoms with Crippen LogP contribution in [0, 0.1) is 5.92 Å². The number of rotatable bonds is 9. The van der Waals surface area contributed by atoms with Gasteiger partial charge in [0.25, 0.3) is 0 Å². The lowest BCUT2D eigenvalue weighted by Gasteiger charge is -2.10. The van der Waals surface area contributed by atoms with Gasteiger partial charge < -0.3 is 14.2 Å². The van der Waals surface area contributed by atoms with E-state index in [-0.39, 0.29) is 18.2 Å². The standard InChI is InChI=1S/C18H21ClO5S/c1-11(18(21)23-3)7-13(20)17-9-12-8-14(22-2)15(10-16(12)25-17)24-6-4-5-19/h8-11H,4-7H2,1-3H3/t11-/m0/s1. The molecule has 1 aromatic heterocycles. The molecular formula is C18H21ClO5S. The normalized spacial score (nSPS) is 12.0. The molecule has 0 N–H and O–H groups in total. The number of esters is 1. The van der Waals surface area contributed by atoms with E-state index in [4.69, 9.17) is 21.1 Å². The van der Waals surface area contributed by atoms with Crippen molar-refractivity contribution in [2.45, 2.75) is 19.8 Å². The second-order valence-electron chi connectivity index (χ2n) is 5.59. The highest BCUT2D eigenvalue weighted by molar-refractivity contribution is 7.20. The molecule has 0 saturated heterocycles. The molecule has 0 aliphatic carbocycles. The third kappa shape index (κ3) is 4.86. The molecule has 0 spiro atoms. The zero-order chi connectivity index (χ0) is 18.4. The van der Waals surface area contributed by atoms with Crippen LogP contribution in [0.25, 0.3) is 10.1 Å². The quantitative estimate of drug-likeness (QED) is 0.279. The molecule has 0 fully saturated rings. The Morgan fingerprint density at radius 2 is 1.96 bits per heavy atom. The molecule has 25 heavy (non-hydrogen) atoms. The average molecular weight is 385 g/mol. The third-order valence-corrected chi connectivity index (χ3v) is 5.11. The number of hydrogen-bond acceptors (Lipinski definition) is 6. The van der Waals surface area contributed by atoms with Gasteiger partial charge in [-0.1, -0.05) is 6.92 Å². The summed E-state index contributed by atoms with van der Waals surface area (Å²) in [6, 6.07) is 5.54. The minimum Gasteiger partial charge on any atom is -0.493 e. The van der Waals surface area contributed by atoms with Gasteiger partial charge in [-0.15, -0.1) is 22.9 Å². The van der Waals surface area contributed by atoms with Crippen molar-refractivity contribution in [3.05, 3.63) is 23.1 Å². The molecule has 0 aliphatic rings. The van der Waals surface area contributed by atoms with Gasteiger partial charge in [-0.05, 0) is 23.9 Å². The fraction of sp³-hybridized carbons (Fsp3) is 0.444. The topological polar surface area (TPSA) is 61.8 Å². The zero-order valence-corrected chi connectivity index (χ0v) is 16.0. The summed E-state index contributed by atoms with van der Waals surface area (Å²) in [5.41, 5.74) is 0. The number of methoxy groups -OCH3 is 2. The van der Waals surface area contributed by atoms with E-state index in [0.717, 1.165) is 16.5 Å². The van der Waals surface area contributed by atoms with Gasteiger partial charge in [0, 0.05) is 23.1 Å². The number of hydrogen-bond donors (Lipinski definition) is 0. The van der Waals surface area contributed by atoms with E-state index in [0.29, 0.717) is 28.9 Å². The zero-order valence-electron chi connectivity index (χ0n) is 14.5. The van der Waals surface area contributed by atoms with Crippen LogP contribution in [0.4, 0.5) is 0 Å². The summed E-state index contributed by atoms with van der Waals surface area (Å²) in [4.78, 5) is 24.5. The fourth-order valence-corrected chi connectivity index (χ4v) is 3.49. The SMILES string of the molecule is COC(=O)[C@@H](C)CC(=O)c1cc2cc(OC)c(OCCCCl)cc2s1. The van der Waals surface area contributed by atoms with Gasteiger partial charge in [0.2, 0.25) is 0 Å². The second kappa shape index (κ2) is 9.06. The molecule has 2 rings (SSSR count). The van der Waals surface area contributed by atoms with E-state index in [1.54, 1.807) is 14.0 Å². The molecule has 2 aromatic rings. The Morgan fingerprint density at radius 3 is 2.60 bits per heavy atom. The van der Waals surface area contributed by atoms with Gasteiger partial charge in [0.05, 0.1) is 31.6 Å². The van der Waals surface area contributed by atoms with E-state index < -0.39 is 5.92 Å². The summed E-state index contributed by atoms with van der Waals surface area (Å²) in [5.74, 6) is 0.840. The van der Waals surface area contributed by atoms with Crippen LogP contribution in [-0.2, 0) is 9.53 Å². The van der Waals surface area contributed by atoms with Crippen LogP contribution in [0.1, 0.15) is 29.4 Å². The van der Waals surface area contributed by atoms with E-state index in [2.05, 4.69) is 4.74 Å². The number of halogens is 1. The van der Waals surface area contributed by atoms with Crippen LogP contribution in [0.3, 0.4) is 0 Å². The maximum atomic E-state index is 12.4. The average Bonchev–Trinajstić information content (AvgIpc) is 3.03. The molecule has 0 bridgehead atoms. The minimum absolute atomic E-state index is 0.0809. The van der Waals surface area contributed by atoms with Crippen molar-refractivity contribution in [1.82, 2.24) is 0 Å². The van der Waals surface area contributed by atoms with Crippen LogP contribution in [0.15, 0.2) is 18.2 Å². The Balaban J connectivity index is 2.23. The van der Waals surface area contributed by atoms with Crippen molar-refractivity contribution in [3.63, 3.8) is 0 Å². The smallest absolute Gasteiger partial charge is 0.308 e. The number of thiophene rings is 1. The molecule has 5 nitrogen and oxygen atoms in total. The number of fused-ring (bicyclic) bond motifs is 1. The number of Topliss-reactive ketones (excluding diaryl/α,β-unsaturated/α-hetero) is 1. The molecule has 1 aromatic carbocycles. The maximum Gasteiger partial charge on any atom is 0.308 e. The molecule has 0 amide bonds. The second-order valence-corrected chi connectivity index (χ2v) is 7.06. The Hall–Kier alpha value is -1.79. The van der Waals surface area contributed by atoms with E-state index in [1.807, 2.05) is 18.2 Å². The molecular weight excluding hydrogens is 364 g/mol. The molecule has 0 radical (unpaired) electrons. The highest BCUT2D eigenvalue weighted by Crippen LogP contribution is 2.37. The summed E-state index contributed by atoms with van der Waals surface area (Å²) >= 11 is 7.05. The lowest BCUT2D eigenvalue weighted by Crippen LogP contribution is -2.16. The van der Waals surface area contributed by atoms with Gasteiger partial charge in [0.1, 0.15) is 0 Å². The van der Waals surface area contributed by atoms with Crippen LogP contribution in [0.5, 0.6) is 11.5 Å². The van der Waals surface area contributed by atoms with Crippen molar-refractivity contribution in [2.75, 3.05) is 26.7 Å². The maximum absolute atomic E-state index is 12.4. The first-order valence-corrected chi connectivity index (χ1v) is 9.26. The Morgan fingerprint density at radius 1 is 1.20 bits per heavy atom. The highest BCUT2D eigenvalue weighted by Gasteiger charge is 2.20. The van der Waals surface area contributed by atoms with Gasteiger partial charge >= 0.3 is 5.97 Å². The van der Waals surface area contributed by atoms with Crippen molar-refractivity contribution < 1.29 is 23.8 Å². The van der Waals surface area contributed by atoms with Gasteiger partial charge in [-0.3, -0.25) is 9.59 Å². The fourth-order valence-electron chi connectivity index (χ4n) is 2.36. The van der Waals surface area contributed by atoms with Crippen molar-refractivity contribution >= 4 is 44.8 Å². The molecule has 136 valence electrons. The highest BCUT2D eigenvalue weighted by atomic mass is 35.5. The molecule has 0 unspecified atom stereocenters. The van der Waals surface area contributed by atoms with Crippen molar-refractivity contribution in [1.29, 1.82) is 0 Å². The Kier molecular flexibility index (Phi) is 7.08. The molecule has 0 saturated carbocycles. The Labute approximate surface area is 155 Å². The number of carbonyl (C=O) groups is 2. The number of ketones is 1. The van der Waals surface area contributed by atoms with Gasteiger partial charge in [-0.25, -0.2) is 0 Å². The number of alkyl halides is 1. The Bertz CT molecular complexity index is 755. The van der Waals surface area contributed by atoms with E-state index >= 15 is 0 Å². The van der Waals surface area contributed by atoms with Crippen molar-refractivity contribution in [3.8, 4) is 11.5 Å². The number of benzene rings is 1. The van der Waals surface area contributed by atoms with E-state index in [9.17, 15) is 9.59 Å². The molecule has 1 atom stereocenters. The lowest BCUT2D eigenvalue weighted by atomic mass is 10.0. The van der Waals surface area contributed by atoms with E-state index in [1.165, 1.54) is 18.4 Å². The summed E-state index contributed by atoms with van der Waals surface area (Å²) < 4.78 is 16.7. The predicted octanol–water partition coefficient (Wildman–Crippen LogP) is 4.30. The van der Waals surface area contributed by atoms with Gasteiger partial charge in [0.15, 0.2) is 17.3 Å². The van der Waals surface area contributed by atoms with Crippen LogP contribution < -0.4 is 9.47 Å². The number of carbonyl (C=O) groups excluding carboxylic acids is 2. The van der Waals surface area contributed by atoms with Gasteiger partial charge in [-0.2, -0.15) is 0 Å². The third-order valence-electron chi connectivity index (χ3n) is 3.71. The largest absolute Gasteiger partial charge is 0.493 e. The molecule has 0 aliphatic heterocycles. The van der Waals surface area contributed by atoms with Crippen LogP contribution >= 0.6 is 22.9 Å². The monoisotopic (exact) mass is 384 g/mol. The van der Waals surface area contributed by atoms with Crippen LogP contribution in [-0.4, -0.2) is 38.5 Å². The number of ether oxygens (including phenoxy) is 3. The van der Waals surface area contributed by atoms with Crippen LogP contribution in [0.2, 0.25) is 0 Å². The summed E-state index contributed by atoms with van der Waals surface area (Å²) in [6.07, 6.45) is 0.859. The summed E-state index contributed by atoms with van der Waals surface area (Å²) in [6.45, 7) is 2.18. The summed E-state index contributed by atoms with van der Waals surface area (Å²) in [7, 11) is 2.90. The lowest BCUT2D eigenvalue weighted by molar-refractivity contribution is -0.144. The molecule has 7 heteroatoms. The predicted molar refractivity (Wildman–Crippen MR) is 99.3 cm³/mol. The van der Waals surface area contributed by atoms with Crippen molar-refractivity contribution in [2.24, 2.45) is 5.92 Å². The first-order valence-electron chi connectivity index (χ1n) is 7.91.